The summed E-state index contributed by atoms with van der Waals surface area (Å²) in [7, 11) is 0. The van der Waals surface area contributed by atoms with Crippen LogP contribution in [0, 0.1) is 0 Å². The van der Waals surface area contributed by atoms with E-state index in [-0.39, 0.29) is 24.7 Å². The monoisotopic (exact) mass is 308 g/mol. The molecule has 4 nitrogen and oxygen atoms in total. The Kier molecular flexibility index (Phi) is 6.05. The molecule has 2 amide bonds. The van der Waals surface area contributed by atoms with Gasteiger partial charge in [0.2, 0.25) is 11.8 Å². The van der Waals surface area contributed by atoms with Gasteiger partial charge in [-0.3, -0.25) is 9.59 Å². The van der Waals surface area contributed by atoms with Crippen LogP contribution in [-0.4, -0.2) is 17.9 Å². The predicted molar refractivity (Wildman–Crippen MR) is 84.3 cm³/mol. The maximum Gasteiger partial charge on any atom is 0.224 e. The Morgan fingerprint density at radius 3 is 2.29 bits per heavy atom. The van der Waals surface area contributed by atoms with Crippen molar-refractivity contribution in [1.29, 1.82) is 0 Å². The van der Waals surface area contributed by atoms with Crippen molar-refractivity contribution in [2.45, 2.75) is 51.0 Å². The fraction of sp³-hybridized carbons (Fsp3) is 0.500. The molecule has 21 heavy (non-hydrogen) atoms. The topological polar surface area (TPSA) is 58.2 Å². The second kappa shape index (κ2) is 8.03. The van der Waals surface area contributed by atoms with Crippen LogP contribution in [0.5, 0.6) is 0 Å². The molecule has 0 heterocycles. The molecule has 0 aliphatic heterocycles. The third-order valence-electron chi connectivity index (χ3n) is 3.68. The molecule has 2 rings (SSSR count). The van der Waals surface area contributed by atoms with E-state index in [4.69, 9.17) is 11.6 Å². The van der Waals surface area contributed by atoms with Crippen LogP contribution in [0.1, 0.15) is 44.9 Å². The van der Waals surface area contributed by atoms with E-state index in [9.17, 15) is 9.59 Å². The van der Waals surface area contributed by atoms with Crippen LogP contribution in [0.15, 0.2) is 24.3 Å². The van der Waals surface area contributed by atoms with Crippen molar-refractivity contribution in [2.75, 3.05) is 5.32 Å². The highest BCUT2D eigenvalue weighted by molar-refractivity contribution is 6.30. The summed E-state index contributed by atoms with van der Waals surface area (Å²) in [6.07, 6.45) is 6.17. The molecule has 1 fully saturated rings. The van der Waals surface area contributed by atoms with Crippen LogP contribution in [-0.2, 0) is 9.59 Å². The number of halogens is 1. The summed E-state index contributed by atoms with van der Waals surface area (Å²) in [4.78, 5) is 23.6. The van der Waals surface area contributed by atoms with Crippen molar-refractivity contribution in [3.05, 3.63) is 29.3 Å². The Labute approximate surface area is 130 Å². The molecule has 0 atom stereocenters. The van der Waals surface area contributed by atoms with Crippen molar-refractivity contribution >= 4 is 29.1 Å². The molecule has 2 N–H and O–H groups in total. The minimum absolute atomic E-state index is 0.0341. The molecule has 0 aromatic heterocycles. The van der Waals surface area contributed by atoms with Crippen molar-refractivity contribution < 1.29 is 9.59 Å². The van der Waals surface area contributed by atoms with Gasteiger partial charge >= 0.3 is 0 Å². The fourth-order valence-corrected chi connectivity index (χ4v) is 2.66. The first-order chi connectivity index (χ1) is 10.1. The van der Waals surface area contributed by atoms with E-state index >= 15 is 0 Å². The number of amides is 2. The molecule has 114 valence electrons. The molecule has 1 saturated carbocycles. The van der Waals surface area contributed by atoms with Gasteiger partial charge in [-0.2, -0.15) is 0 Å². The minimum atomic E-state index is -0.156. The maximum atomic E-state index is 11.8. The van der Waals surface area contributed by atoms with E-state index in [2.05, 4.69) is 10.6 Å². The van der Waals surface area contributed by atoms with Gasteiger partial charge in [-0.1, -0.05) is 30.9 Å². The van der Waals surface area contributed by atoms with E-state index in [1.807, 2.05) is 0 Å². The van der Waals surface area contributed by atoms with E-state index in [0.29, 0.717) is 16.8 Å². The number of hydrogen-bond donors (Lipinski definition) is 2. The van der Waals surface area contributed by atoms with Crippen LogP contribution in [0.3, 0.4) is 0 Å². The van der Waals surface area contributed by atoms with E-state index in [1.165, 1.54) is 19.3 Å². The second-order valence-corrected chi connectivity index (χ2v) is 5.89. The second-order valence-electron chi connectivity index (χ2n) is 5.46. The van der Waals surface area contributed by atoms with Gasteiger partial charge in [-0.25, -0.2) is 0 Å². The zero-order valence-electron chi connectivity index (χ0n) is 12.0. The summed E-state index contributed by atoms with van der Waals surface area (Å²) in [6.45, 7) is 0. The number of anilines is 1. The standard InChI is InChI=1S/C16H21ClN2O2/c17-12-6-8-14(9-7-12)19-16(21)11-10-15(20)18-13-4-2-1-3-5-13/h6-9,13H,1-5,10-11H2,(H,18,20)(H,19,21). The van der Waals surface area contributed by atoms with Crippen LogP contribution >= 0.6 is 11.6 Å². The molecular weight excluding hydrogens is 288 g/mol. The maximum absolute atomic E-state index is 11.8. The summed E-state index contributed by atoms with van der Waals surface area (Å²) in [6, 6.07) is 7.20. The Balaban J connectivity index is 1.68. The first-order valence-electron chi connectivity index (χ1n) is 7.48. The van der Waals surface area contributed by atoms with Crippen molar-refractivity contribution in [2.24, 2.45) is 0 Å². The van der Waals surface area contributed by atoms with E-state index in [1.54, 1.807) is 24.3 Å². The Morgan fingerprint density at radius 1 is 1.00 bits per heavy atom. The first kappa shape index (κ1) is 15.8. The molecule has 0 unspecified atom stereocenters. The Bertz CT molecular complexity index is 482. The largest absolute Gasteiger partial charge is 0.353 e. The van der Waals surface area contributed by atoms with Crippen molar-refractivity contribution in [3.8, 4) is 0 Å². The summed E-state index contributed by atoms with van der Waals surface area (Å²) >= 11 is 5.78. The molecule has 0 radical (unpaired) electrons. The lowest BCUT2D eigenvalue weighted by molar-refractivity contribution is -0.125. The molecule has 0 saturated heterocycles. The first-order valence-corrected chi connectivity index (χ1v) is 7.86. The zero-order valence-corrected chi connectivity index (χ0v) is 12.8. The molecule has 0 spiro atoms. The molecular formula is C16H21ClN2O2. The average Bonchev–Trinajstić information content (AvgIpc) is 2.49. The summed E-state index contributed by atoms with van der Waals surface area (Å²) in [5, 5.41) is 6.38. The lowest BCUT2D eigenvalue weighted by Crippen LogP contribution is -2.36. The fourth-order valence-electron chi connectivity index (χ4n) is 2.53. The molecule has 0 bridgehead atoms. The average molecular weight is 309 g/mol. The van der Waals surface area contributed by atoms with Gasteiger partial charge in [-0.05, 0) is 37.1 Å². The van der Waals surface area contributed by atoms with Gasteiger partial charge in [0.05, 0.1) is 0 Å². The lowest BCUT2D eigenvalue weighted by atomic mass is 9.95. The third-order valence-corrected chi connectivity index (χ3v) is 3.93. The summed E-state index contributed by atoms with van der Waals surface area (Å²) in [5.41, 5.74) is 0.692. The molecule has 1 aliphatic rings. The number of nitrogens with one attached hydrogen (secondary N) is 2. The van der Waals surface area contributed by atoms with Gasteiger partial charge in [-0.15, -0.1) is 0 Å². The quantitative estimate of drug-likeness (QED) is 0.874. The van der Waals surface area contributed by atoms with Gasteiger partial charge < -0.3 is 10.6 Å². The Morgan fingerprint density at radius 2 is 1.62 bits per heavy atom. The minimum Gasteiger partial charge on any atom is -0.353 e. The van der Waals surface area contributed by atoms with Gasteiger partial charge in [0.1, 0.15) is 0 Å². The highest BCUT2D eigenvalue weighted by Crippen LogP contribution is 2.17. The number of benzene rings is 1. The number of carbonyl (C=O) groups excluding carboxylic acids is 2. The zero-order chi connectivity index (χ0) is 15.1. The van der Waals surface area contributed by atoms with Crippen molar-refractivity contribution in [1.82, 2.24) is 5.32 Å². The Hall–Kier alpha value is -1.55. The molecule has 1 aromatic rings. The third kappa shape index (κ3) is 5.76. The van der Waals surface area contributed by atoms with Gasteiger partial charge in [0.15, 0.2) is 0 Å². The highest BCUT2D eigenvalue weighted by Gasteiger charge is 2.16. The smallest absolute Gasteiger partial charge is 0.224 e. The number of carbonyl (C=O) groups is 2. The van der Waals surface area contributed by atoms with E-state index < -0.39 is 0 Å². The SMILES string of the molecule is O=C(CCC(=O)NC1CCCCC1)Nc1ccc(Cl)cc1. The number of rotatable bonds is 5. The van der Waals surface area contributed by atoms with Gasteiger partial charge in [0, 0.05) is 29.6 Å². The van der Waals surface area contributed by atoms with E-state index in [0.717, 1.165) is 12.8 Å². The summed E-state index contributed by atoms with van der Waals surface area (Å²) < 4.78 is 0. The van der Waals surface area contributed by atoms with Crippen LogP contribution in [0.25, 0.3) is 0 Å². The normalized spacial score (nSPS) is 15.5. The van der Waals surface area contributed by atoms with Crippen LogP contribution in [0.2, 0.25) is 5.02 Å². The van der Waals surface area contributed by atoms with Crippen molar-refractivity contribution in [3.63, 3.8) is 0 Å². The van der Waals surface area contributed by atoms with Crippen LogP contribution < -0.4 is 10.6 Å². The summed E-state index contributed by atoms with van der Waals surface area (Å²) in [5.74, 6) is -0.190. The molecule has 1 aromatic carbocycles. The molecule has 5 heteroatoms. The van der Waals surface area contributed by atoms with Crippen LogP contribution in [0.4, 0.5) is 5.69 Å². The lowest BCUT2D eigenvalue weighted by Gasteiger charge is -2.22. The molecule has 1 aliphatic carbocycles. The van der Waals surface area contributed by atoms with Gasteiger partial charge in [0.25, 0.3) is 0 Å². The highest BCUT2D eigenvalue weighted by atomic mass is 35.5. The number of hydrogen-bond acceptors (Lipinski definition) is 2. The predicted octanol–water partition coefficient (Wildman–Crippen LogP) is 3.51.